The van der Waals surface area contributed by atoms with Crippen molar-refractivity contribution in [3.8, 4) is 0 Å². The molecular weight excluding hydrogens is 246 g/mol. The molecule has 0 aromatic rings. The lowest BCUT2D eigenvalue weighted by Gasteiger charge is -2.27. The van der Waals surface area contributed by atoms with E-state index in [0.29, 0.717) is 13.0 Å². The fourth-order valence-corrected chi connectivity index (χ4v) is 1.82. The second kappa shape index (κ2) is 5.91. The van der Waals surface area contributed by atoms with Crippen LogP contribution in [0, 0.1) is 0 Å². The summed E-state index contributed by atoms with van der Waals surface area (Å²) in [6.45, 7) is 9.37. The van der Waals surface area contributed by atoms with Crippen molar-refractivity contribution in [3.05, 3.63) is 24.3 Å². The Morgan fingerprint density at radius 1 is 1.53 bits per heavy atom. The zero-order chi connectivity index (χ0) is 14.6. The molecule has 1 heterocycles. The Labute approximate surface area is 113 Å². The number of amides is 1. The van der Waals surface area contributed by atoms with Crippen LogP contribution in [0.4, 0.5) is 4.79 Å². The Balaban J connectivity index is 2.85. The first kappa shape index (κ1) is 15.3. The van der Waals surface area contributed by atoms with E-state index in [9.17, 15) is 9.59 Å². The molecule has 106 valence electrons. The van der Waals surface area contributed by atoms with Gasteiger partial charge in [0.2, 0.25) is 0 Å². The fourth-order valence-electron chi connectivity index (χ4n) is 1.82. The first-order valence-corrected chi connectivity index (χ1v) is 6.16. The SMILES string of the molecule is C=CCC1=C[C@@H](C(=O)OC)N(C(=O)OC(C)(C)C)C1. The molecule has 19 heavy (non-hydrogen) atoms. The van der Waals surface area contributed by atoms with Gasteiger partial charge in [-0.05, 0) is 38.8 Å². The average Bonchev–Trinajstić information content (AvgIpc) is 2.70. The summed E-state index contributed by atoms with van der Waals surface area (Å²) >= 11 is 0. The lowest BCUT2D eigenvalue weighted by atomic mass is 10.2. The Kier molecular flexibility index (Phi) is 4.75. The zero-order valence-electron chi connectivity index (χ0n) is 11.9. The maximum atomic E-state index is 12.1. The highest BCUT2D eigenvalue weighted by Crippen LogP contribution is 2.23. The normalized spacial score (nSPS) is 18.8. The van der Waals surface area contributed by atoms with Crippen LogP contribution in [0.3, 0.4) is 0 Å². The number of carbonyl (C=O) groups excluding carboxylic acids is 2. The maximum Gasteiger partial charge on any atom is 0.411 e. The molecule has 0 N–H and O–H groups in total. The Bertz CT molecular complexity index is 406. The van der Waals surface area contributed by atoms with Crippen LogP contribution in [-0.2, 0) is 14.3 Å². The van der Waals surface area contributed by atoms with Gasteiger partial charge in [0.1, 0.15) is 5.60 Å². The molecule has 1 aliphatic rings. The Morgan fingerprint density at radius 2 is 2.16 bits per heavy atom. The van der Waals surface area contributed by atoms with Crippen molar-refractivity contribution < 1.29 is 19.1 Å². The third kappa shape index (κ3) is 4.12. The summed E-state index contributed by atoms with van der Waals surface area (Å²) in [5.41, 5.74) is 0.357. The number of rotatable bonds is 3. The number of ether oxygens (including phenoxy) is 2. The highest BCUT2D eigenvalue weighted by molar-refractivity contribution is 5.85. The number of allylic oxidation sites excluding steroid dienone is 1. The quantitative estimate of drug-likeness (QED) is 0.581. The van der Waals surface area contributed by atoms with Crippen molar-refractivity contribution in [2.24, 2.45) is 0 Å². The molecule has 0 unspecified atom stereocenters. The number of methoxy groups -OCH3 is 1. The predicted octanol–water partition coefficient (Wildman–Crippen LogP) is 2.28. The number of carbonyl (C=O) groups is 2. The molecule has 0 aromatic heterocycles. The van der Waals surface area contributed by atoms with E-state index in [1.807, 2.05) is 0 Å². The van der Waals surface area contributed by atoms with Crippen LogP contribution >= 0.6 is 0 Å². The first-order valence-electron chi connectivity index (χ1n) is 6.16. The van der Waals surface area contributed by atoms with E-state index in [1.54, 1.807) is 32.9 Å². The summed E-state index contributed by atoms with van der Waals surface area (Å²) < 4.78 is 10.0. The van der Waals surface area contributed by atoms with Gasteiger partial charge in [-0.3, -0.25) is 4.90 Å². The molecule has 1 aliphatic heterocycles. The molecule has 0 radical (unpaired) electrons. The summed E-state index contributed by atoms with van der Waals surface area (Å²) in [6, 6.07) is -0.713. The minimum Gasteiger partial charge on any atom is -0.467 e. The van der Waals surface area contributed by atoms with Gasteiger partial charge in [-0.1, -0.05) is 6.08 Å². The van der Waals surface area contributed by atoms with Crippen LogP contribution in [0.2, 0.25) is 0 Å². The second-order valence-electron chi connectivity index (χ2n) is 5.39. The number of nitrogens with zero attached hydrogens (tertiary/aromatic N) is 1. The van der Waals surface area contributed by atoms with Crippen LogP contribution < -0.4 is 0 Å². The van der Waals surface area contributed by atoms with E-state index in [2.05, 4.69) is 6.58 Å². The molecule has 0 saturated carbocycles. The van der Waals surface area contributed by atoms with Crippen LogP contribution in [0.5, 0.6) is 0 Å². The van der Waals surface area contributed by atoms with Gasteiger partial charge in [0.25, 0.3) is 0 Å². The minimum atomic E-state index is -0.713. The molecule has 0 aliphatic carbocycles. The molecule has 0 bridgehead atoms. The van der Waals surface area contributed by atoms with Crippen LogP contribution in [0.1, 0.15) is 27.2 Å². The fraction of sp³-hybridized carbons (Fsp3) is 0.571. The molecule has 0 fully saturated rings. The monoisotopic (exact) mass is 267 g/mol. The van der Waals surface area contributed by atoms with Gasteiger partial charge in [-0.15, -0.1) is 6.58 Å². The van der Waals surface area contributed by atoms with Crippen molar-refractivity contribution in [1.82, 2.24) is 4.90 Å². The van der Waals surface area contributed by atoms with Gasteiger partial charge in [0.05, 0.1) is 7.11 Å². The largest absolute Gasteiger partial charge is 0.467 e. The van der Waals surface area contributed by atoms with Crippen molar-refractivity contribution in [3.63, 3.8) is 0 Å². The first-order chi connectivity index (χ1) is 8.78. The second-order valence-corrected chi connectivity index (χ2v) is 5.39. The standard InChI is InChI=1S/C14H21NO4/c1-6-7-10-8-11(12(16)18-5)15(9-10)13(17)19-14(2,3)4/h6,8,11H,1,7,9H2,2-5H3/t11-/m0/s1. The smallest absolute Gasteiger partial charge is 0.411 e. The molecule has 5 heteroatoms. The van der Waals surface area contributed by atoms with E-state index in [1.165, 1.54) is 12.0 Å². The van der Waals surface area contributed by atoms with Crippen molar-refractivity contribution >= 4 is 12.1 Å². The van der Waals surface area contributed by atoms with E-state index >= 15 is 0 Å². The summed E-state index contributed by atoms with van der Waals surface area (Å²) in [7, 11) is 1.30. The van der Waals surface area contributed by atoms with E-state index in [4.69, 9.17) is 9.47 Å². The third-order valence-electron chi connectivity index (χ3n) is 2.58. The Hall–Kier alpha value is -1.78. The Morgan fingerprint density at radius 3 is 2.63 bits per heavy atom. The van der Waals surface area contributed by atoms with Crippen LogP contribution in [0.15, 0.2) is 24.3 Å². The van der Waals surface area contributed by atoms with Gasteiger partial charge in [-0.25, -0.2) is 9.59 Å². The topological polar surface area (TPSA) is 55.8 Å². The molecule has 0 saturated heterocycles. The van der Waals surface area contributed by atoms with Gasteiger partial charge >= 0.3 is 12.1 Å². The molecule has 1 amide bonds. The summed E-state index contributed by atoms with van der Waals surface area (Å²) in [5, 5.41) is 0. The van der Waals surface area contributed by atoms with Gasteiger partial charge in [-0.2, -0.15) is 0 Å². The lowest BCUT2D eigenvalue weighted by Crippen LogP contribution is -2.44. The van der Waals surface area contributed by atoms with Crippen LogP contribution in [-0.4, -0.2) is 42.3 Å². The lowest BCUT2D eigenvalue weighted by molar-refractivity contribution is -0.144. The maximum absolute atomic E-state index is 12.1. The molecule has 0 spiro atoms. The molecular formula is C14H21NO4. The highest BCUT2D eigenvalue weighted by atomic mass is 16.6. The highest BCUT2D eigenvalue weighted by Gasteiger charge is 2.36. The average molecular weight is 267 g/mol. The third-order valence-corrected chi connectivity index (χ3v) is 2.58. The zero-order valence-corrected chi connectivity index (χ0v) is 11.9. The van der Waals surface area contributed by atoms with E-state index < -0.39 is 23.7 Å². The summed E-state index contributed by atoms with van der Waals surface area (Å²) in [4.78, 5) is 25.2. The van der Waals surface area contributed by atoms with Crippen LogP contribution in [0.25, 0.3) is 0 Å². The molecule has 1 rings (SSSR count). The summed E-state index contributed by atoms with van der Waals surface area (Å²) in [6.07, 6.45) is 3.58. The van der Waals surface area contributed by atoms with Crippen molar-refractivity contribution in [1.29, 1.82) is 0 Å². The van der Waals surface area contributed by atoms with Gasteiger partial charge in [0, 0.05) is 6.54 Å². The van der Waals surface area contributed by atoms with Crippen molar-refractivity contribution in [2.75, 3.05) is 13.7 Å². The minimum absolute atomic E-state index is 0.362. The van der Waals surface area contributed by atoms with E-state index in [0.717, 1.165) is 5.57 Å². The molecule has 0 aromatic carbocycles. The predicted molar refractivity (Wildman–Crippen MR) is 71.6 cm³/mol. The number of hydrogen-bond donors (Lipinski definition) is 0. The number of esters is 1. The van der Waals surface area contributed by atoms with Gasteiger partial charge in [0.15, 0.2) is 6.04 Å². The van der Waals surface area contributed by atoms with Crippen molar-refractivity contribution in [2.45, 2.75) is 38.8 Å². The molecule has 1 atom stereocenters. The van der Waals surface area contributed by atoms with E-state index in [-0.39, 0.29) is 0 Å². The molecule has 5 nitrogen and oxygen atoms in total. The summed E-state index contributed by atoms with van der Waals surface area (Å²) in [5.74, 6) is -0.468. The number of hydrogen-bond acceptors (Lipinski definition) is 4. The van der Waals surface area contributed by atoms with Gasteiger partial charge < -0.3 is 9.47 Å².